The summed E-state index contributed by atoms with van der Waals surface area (Å²) < 4.78 is 10.3. The van der Waals surface area contributed by atoms with Crippen LogP contribution in [0.1, 0.15) is 11.3 Å². The molecule has 0 N–H and O–H groups in total. The van der Waals surface area contributed by atoms with Crippen LogP contribution in [0.4, 0.5) is 0 Å². The predicted octanol–water partition coefficient (Wildman–Crippen LogP) is 11.8. The van der Waals surface area contributed by atoms with Crippen molar-refractivity contribution in [1.29, 1.82) is 0 Å². The highest BCUT2D eigenvalue weighted by molar-refractivity contribution is 7.22. The fourth-order valence-electron chi connectivity index (χ4n) is 7.49. The van der Waals surface area contributed by atoms with Gasteiger partial charge in [-0.15, -0.1) is 11.3 Å². The number of aryl methyl sites for hydroxylation is 1. The van der Waals surface area contributed by atoms with Crippen LogP contribution in [0, 0.1) is 0 Å². The monoisotopic (exact) mass is 593 g/mol. The number of furan rings is 1. The van der Waals surface area contributed by atoms with Gasteiger partial charge in [0.25, 0.3) is 0 Å². The van der Waals surface area contributed by atoms with Gasteiger partial charge in [0.2, 0.25) is 0 Å². The molecule has 0 saturated carbocycles. The standard InChI is InChI=1S/C42H27NOS/c1-2-9-26(10-3-1)28-19-22-35-37(25-28)43(36-24-23-34-32-12-5-7-16-39(32)45-42(34)40(35)36)29-20-17-27(18-21-29)30-13-8-14-33-31-11-4-6-15-38(31)44-41(30)33/h1-22,25H,23-24H2. The van der Waals surface area contributed by atoms with Gasteiger partial charge in [-0.05, 0) is 70.8 Å². The van der Waals surface area contributed by atoms with Crippen molar-refractivity contribution in [2.24, 2.45) is 0 Å². The Morgan fingerprint density at radius 1 is 0.556 bits per heavy atom. The second kappa shape index (κ2) is 9.56. The van der Waals surface area contributed by atoms with Gasteiger partial charge >= 0.3 is 0 Å². The van der Waals surface area contributed by atoms with Crippen LogP contribution in [-0.2, 0) is 12.8 Å². The van der Waals surface area contributed by atoms with Crippen LogP contribution in [-0.4, -0.2) is 4.57 Å². The Bertz CT molecular complexity index is 2580. The average molecular weight is 594 g/mol. The molecule has 3 aromatic heterocycles. The van der Waals surface area contributed by atoms with Crippen molar-refractivity contribution in [1.82, 2.24) is 4.57 Å². The lowest BCUT2D eigenvalue weighted by Crippen LogP contribution is -2.06. The zero-order chi connectivity index (χ0) is 29.5. The lowest BCUT2D eigenvalue weighted by Gasteiger charge is -2.17. The molecule has 0 atom stereocenters. The van der Waals surface area contributed by atoms with Crippen molar-refractivity contribution in [2.75, 3.05) is 0 Å². The van der Waals surface area contributed by atoms with Gasteiger partial charge in [0.1, 0.15) is 11.2 Å². The maximum absolute atomic E-state index is 6.38. The van der Waals surface area contributed by atoms with E-state index >= 15 is 0 Å². The molecular formula is C42H27NOS. The number of benzene rings is 6. The Hall–Kier alpha value is -5.38. The lowest BCUT2D eigenvalue weighted by atomic mass is 9.92. The van der Waals surface area contributed by atoms with Gasteiger partial charge in [0.05, 0.1) is 5.52 Å². The molecule has 3 heteroatoms. The fraction of sp³-hybridized carbons (Fsp3) is 0.0476. The van der Waals surface area contributed by atoms with Crippen LogP contribution in [0.2, 0.25) is 0 Å². The average Bonchev–Trinajstić information content (AvgIpc) is 3.78. The minimum Gasteiger partial charge on any atom is -0.455 e. The molecule has 2 nitrogen and oxygen atoms in total. The zero-order valence-corrected chi connectivity index (χ0v) is 25.3. The van der Waals surface area contributed by atoms with Crippen LogP contribution in [0.5, 0.6) is 0 Å². The molecule has 0 spiro atoms. The van der Waals surface area contributed by atoms with Crippen molar-refractivity contribution in [3.8, 4) is 38.4 Å². The number of rotatable bonds is 3. The largest absolute Gasteiger partial charge is 0.455 e. The van der Waals surface area contributed by atoms with Crippen molar-refractivity contribution in [3.05, 3.63) is 151 Å². The van der Waals surface area contributed by atoms with Gasteiger partial charge in [-0.25, -0.2) is 0 Å². The molecule has 45 heavy (non-hydrogen) atoms. The quantitative estimate of drug-likeness (QED) is 0.199. The topological polar surface area (TPSA) is 18.1 Å². The van der Waals surface area contributed by atoms with E-state index in [2.05, 4.69) is 132 Å². The first kappa shape index (κ1) is 25.0. The third kappa shape index (κ3) is 3.68. The molecule has 0 bridgehead atoms. The molecule has 0 saturated heterocycles. The summed E-state index contributed by atoms with van der Waals surface area (Å²) in [5, 5.41) is 5.05. The summed E-state index contributed by atoms with van der Waals surface area (Å²) in [6.07, 6.45) is 2.07. The van der Waals surface area contributed by atoms with E-state index in [1.54, 1.807) is 0 Å². The maximum atomic E-state index is 6.38. The zero-order valence-electron chi connectivity index (χ0n) is 24.5. The summed E-state index contributed by atoms with van der Waals surface area (Å²) in [5.41, 5.74) is 13.4. The molecule has 0 radical (unpaired) electrons. The van der Waals surface area contributed by atoms with Gasteiger partial charge in [0, 0.05) is 48.2 Å². The van der Waals surface area contributed by atoms with Crippen LogP contribution in [0.3, 0.4) is 0 Å². The van der Waals surface area contributed by atoms with E-state index in [0.717, 1.165) is 45.9 Å². The first-order valence-electron chi connectivity index (χ1n) is 15.6. The Morgan fingerprint density at radius 3 is 2.20 bits per heavy atom. The van der Waals surface area contributed by atoms with Gasteiger partial charge in [-0.1, -0.05) is 109 Å². The van der Waals surface area contributed by atoms with Crippen LogP contribution in [0.15, 0.2) is 144 Å². The summed E-state index contributed by atoms with van der Waals surface area (Å²) in [4.78, 5) is 1.43. The van der Waals surface area contributed by atoms with E-state index in [1.807, 2.05) is 23.5 Å². The second-order valence-corrected chi connectivity index (χ2v) is 13.0. The molecule has 0 amide bonds. The highest BCUT2D eigenvalue weighted by Gasteiger charge is 2.28. The minimum atomic E-state index is 0.928. The van der Waals surface area contributed by atoms with E-state index in [4.69, 9.17) is 4.42 Å². The Balaban J connectivity index is 1.18. The van der Waals surface area contributed by atoms with Gasteiger partial charge < -0.3 is 8.98 Å². The van der Waals surface area contributed by atoms with Crippen LogP contribution >= 0.6 is 11.3 Å². The van der Waals surface area contributed by atoms with Crippen molar-refractivity contribution < 1.29 is 4.42 Å². The number of nitrogens with zero attached hydrogens (tertiary/aromatic N) is 1. The smallest absolute Gasteiger partial charge is 0.143 e. The molecule has 3 heterocycles. The number of hydrogen-bond acceptors (Lipinski definition) is 2. The Labute approximate surface area is 264 Å². The van der Waals surface area contributed by atoms with Crippen molar-refractivity contribution in [2.45, 2.75) is 12.8 Å². The number of para-hydroxylation sites is 2. The summed E-state index contributed by atoms with van der Waals surface area (Å²) >= 11 is 1.95. The molecule has 0 aliphatic heterocycles. The SMILES string of the molecule is c1ccc(-c2ccc3c4c(n(-c5ccc(-c6cccc7c6oc6ccccc67)cc5)c3c2)CCc2c-4sc3ccccc23)cc1. The molecule has 1 aliphatic rings. The number of fused-ring (bicyclic) bond motifs is 10. The predicted molar refractivity (Wildman–Crippen MR) is 190 cm³/mol. The molecule has 6 aromatic carbocycles. The molecule has 0 unspecified atom stereocenters. The van der Waals surface area contributed by atoms with Gasteiger partial charge in [0.15, 0.2) is 0 Å². The van der Waals surface area contributed by atoms with Crippen molar-refractivity contribution >= 4 is 54.3 Å². The highest BCUT2D eigenvalue weighted by Crippen LogP contribution is 2.49. The Morgan fingerprint density at radius 2 is 1.31 bits per heavy atom. The van der Waals surface area contributed by atoms with E-state index < -0.39 is 0 Å². The summed E-state index contributed by atoms with van der Waals surface area (Å²) in [7, 11) is 0. The van der Waals surface area contributed by atoms with Crippen LogP contribution in [0.25, 0.3) is 81.3 Å². The van der Waals surface area contributed by atoms with E-state index in [-0.39, 0.29) is 0 Å². The second-order valence-electron chi connectivity index (χ2n) is 12.0. The lowest BCUT2D eigenvalue weighted by molar-refractivity contribution is 0.670. The first-order valence-corrected chi connectivity index (χ1v) is 16.4. The third-order valence-electron chi connectivity index (χ3n) is 9.55. The number of aromatic nitrogens is 1. The van der Waals surface area contributed by atoms with Gasteiger partial charge in [-0.3, -0.25) is 0 Å². The summed E-state index contributed by atoms with van der Waals surface area (Å²) in [5.74, 6) is 0. The van der Waals surface area contributed by atoms with E-state index in [9.17, 15) is 0 Å². The molecule has 1 aliphatic carbocycles. The number of thiophene rings is 1. The van der Waals surface area contributed by atoms with Crippen LogP contribution < -0.4 is 0 Å². The molecule has 10 rings (SSSR count). The third-order valence-corrected chi connectivity index (χ3v) is 10.8. The van der Waals surface area contributed by atoms with Crippen molar-refractivity contribution in [3.63, 3.8) is 0 Å². The fourth-order valence-corrected chi connectivity index (χ4v) is 8.83. The minimum absolute atomic E-state index is 0.928. The summed E-state index contributed by atoms with van der Waals surface area (Å²) in [6, 6.07) is 50.5. The van der Waals surface area contributed by atoms with E-state index in [1.165, 1.54) is 59.5 Å². The molecule has 9 aromatic rings. The normalized spacial score (nSPS) is 12.7. The Kier molecular flexibility index (Phi) is 5.31. The molecule has 212 valence electrons. The summed E-state index contributed by atoms with van der Waals surface area (Å²) in [6.45, 7) is 0. The highest BCUT2D eigenvalue weighted by atomic mass is 32.1. The number of hydrogen-bond donors (Lipinski definition) is 0. The first-order chi connectivity index (χ1) is 22.3. The molecule has 0 fully saturated rings. The van der Waals surface area contributed by atoms with E-state index in [0.29, 0.717) is 0 Å². The molecular weight excluding hydrogens is 567 g/mol. The van der Waals surface area contributed by atoms with Gasteiger partial charge in [-0.2, -0.15) is 0 Å². The maximum Gasteiger partial charge on any atom is 0.143 e.